The van der Waals surface area contributed by atoms with E-state index in [1.807, 2.05) is 0 Å². The number of hydrogen-bond donors (Lipinski definition) is 2. The molecular formula is C71H122NO8P. The molecule has 9 nitrogen and oxygen atoms in total. The Kier molecular flexibility index (Phi) is 62.7. The van der Waals surface area contributed by atoms with Crippen LogP contribution in [0.15, 0.2) is 122 Å². The molecule has 0 fully saturated rings. The number of carbonyl (C=O) groups is 2. The zero-order valence-corrected chi connectivity index (χ0v) is 52.9. The van der Waals surface area contributed by atoms with Crippen molar-refractivity contribution >= 4 is 19.8 Å². The number of esters is 2. The first-order valence-electron chi connectivity index (χ1n) is 33.0. The van der Waals surface area contributed by atoms with Crippen LogP contribution in [-0.4, -0.2) is 49.3 Å². The van der Waals surface area contributed by atoms with E-state index in [2.05, 4.69) is 135 Å². The molecule has 0 aromatic heterocycles. The second-order valence-electron chi connectivity index (χ2n) is 21.6. The minimum absolute atomic E-state index is 0.0435. The SMILES string of the molecule is CC/C=C\C/C=C\C/C=C\C/C=C\C/C=C\C/C=C\C/C=C\C/C=C\CCCCCCC(=O)OC(COC(=O)CCCCCCCCCCCCCCCCCCCCC/C=C\C/C=C\CCCCCCC)COP(=O)(O)OCCN. The first-order chi connectivity index (χ1) is 39.8. The molecular weight excluding hydrogens is 1030 g/mol. The van der Waals surface area contributed by atoms with Crippen molar-refractivity contribution in [2.75, 3.05) is 26.4 Å². The summed E-state index contributed by atoms with van der Waals surface area (Å²) in [6.07, 6.45) is 91.3. The molecule has 0 spiro atoms. The summed E-state index contributed by atoms with van der Waals surface area (Å²) in [7, 11) is -4.41. The van der Waals surface area contributed by atoms with Gasteiger partial charge in [0.15, 0.2) is 6.10 Å². The summed E-state index contributed by atoms with van der Waals surface area (Å²) < 4.78 is 33.1. The van der Waals surface area contributed by atoms with Gasteiger partial charge in [-0.1, -0.05) is 283 Å². The largest absolute Gasteiger partial charge is 0.472 e. The Morgan fingerprint density at radius 3 is 1.01 bits per heavy atom. The van der Waals surface area contributed by atoms with E-state index in [0.717, 1.165) is 103 Å². The van der Waals surface area contributed by atoms with E-state index in [4.69, 9.17) is 24.3 Å². The zero-order chi connectivity index (χ0) is 58.7. The predicted octanol–water partition coefficient (Wildman–Crippen LogP) is 21.5. The molecule has 0 heterocycles. The quantitative estimate of drug-likeness (QED) is 0.0264. The third-order valence-electron chi connectivity index (χ3n) is 13.8. The molecule has 0 saturated heterocycles. The lowest BCUT2D eigenvalue weighted by molar-refractivity contribution is -0.161. The standard InChI is InChI=1S/C71H122NO8P/c1-3-5-7-9-11-13-15-17-19-21-23-25-27-29-31-33-34-36-37-39-41-43-45-47-49-51-53-55-57-59-61-63-70(73)77-67-69(68-79-81(75,76)78-66-65-72)80-71(74)64-62-60-58-56-54-52-50-48-46-44-42-40-38-35-32-30-28-26-24-22-20-18-16-14-12-10-8-6-4-2/h6,8,12,14-15,17-18,20-21,23-24,26,30,32,38,40,44,46,50,52,69H,3-5,7,9-11,13,16,19,22,25,27-29,31,33-37,39,41-43,45,47-49,51,53-68,72H2,1-2H3,(H,75,76)/b8-6-,14-12-,17-15-,20-18-,23-21-,26-24-,32-30-,40-38-,46-44-,52-50-. The smallest absolute Gasteiger partial charge is 0.462 e. The van der Waals surface area contributed by atoms with Crippen LogP contribution < -0.4 is 5.73 Å². The second-order valence-corrected chi connectivity index (χ2v) is 23.1. The first-order valence-corrected chi connectivity index (χ1v) is 34.5. The van der Waals surface area contributed by atoms with Gasteiger partial charge in [0.2, 0.25) is 0 Å². The van der Waals surface area contributed by atoms with Crippen LogP contribution in [0.1, 0.15) is 284 Å². The first kappa shape index (κ1) is 77.4. The number of ether oxygens (including phenoxy) is 2. The van der Waals surface area contributed by atoms with E-state index >= 15 is 0 Å². The molecule has 2 unspecified atom stereocenters. The molecule has 2 atom stereocenters. The van der Waals surface area contributed by atoms with Crippen LogP contribution in [0.25, 0.3) is 0 Å². The van der Waals surface area contributed by atoms with Crippen molar-refractivity contribution in [3.05, 3.63) is 122 Å². The maximum atomic E-state index is 12.7. The van der Waals surface area contributed by atoms with Gasteiger partial charge in [0.05, 0.1) is 13.2 Å². The number of rotatable bonds is 61. The molecule has 0 bridgehead atoms. The fraction of sp³-hybridized carbons (Fsp3) is 0.690. The molecule has 0 aliphatic rings. The topological polar surface area (TPSA) is 134 Å². The van der Waals surface area contributed by atoms with Crippen molar-refractivity contribution < 1.29 is 37.6 Å². The Balaban J connectivity index is 3.98. The minimum Gasteiger partial charge on any atom is -0.462 e. The summed E-state index contributed by atoms with van der Waals surface area (Å²) in [4.78, 5) is 35.3. The number of hydrogen-bond acceptors (Lipinski definition) is 8. The predicted molar refractivity (Wildman–Crippen MR) is 348 cm³/mol. The van der Waals surface area contributed by atoms with E-state index in [9.17, 15) is 19.0 Å². The molecule has 0 aliphatic carbocycles. The second kappa shape index (κ2) is 65.6. The van der Waals surface area contributed by atoms with E-state index in [0.29, 0.717) is 6.42 Å². The van der Waals surface area contributed by atoms with Crippen molar-refractivity contribution in [1.82, 2.24) is 0 Å². The van der Waals surface area contributed by atoms with Gasteiger partial charge < -0.3 is 20.1 Å². The molecule has 0 aromatic carbocycles. The van der Waals surface area contributed by atoms with Gasteiger partial charge >= 0.3 is 19.8 Å². The van der Waals surface area contributed by atoms with Gasteiger partial charge in [0.1, 0.15) is 6.61 Å². The van der Waals surface area contributed by atoms with Gasteiger partial charge in [-0.3, -0.25) is 18.6 Å². The molecule has 0 saturated carbocycles. The van der Waals surface area contributed by atoms with Crippen LogP contribution in [0.4, 0.5) is 0 Å². The highest BCUT2D eigenvalue weighted by Crippen LogP contribution is 2.43. The van der Waals surface area contributed by atoms with E-state index in [1.54, 1.807) is 0 Å². The molecule has 0 radical (unpaired) electrons. The normalized spacial score (nSPS) is 13.8. The molecule has 0 amide bonds. The van der Waals surface area contributed by atoms with Crippen molar-refractivity contribution in [2.24, 2.45) is 5.73 Å². The lowest BCUT2D eigenvalue weighted by Gasteiger charge is -2.19. The van der Waals surface area contributed by atoms with E-state index in [-0.39, 0.29) is 38.6 Å². The summed E-state index contributed by atoms with van der Waals surface area (Å²) in [5.74, 6) is -0.856. The summed E-state index contributed by atoms with van der Waals surface area (Å²) in [6.45, 7) is 3.60. The summed E-state index contributed by atoms with van der Waals surface area (Å²) >= 11 is 0. The highest BCUT2D eigenvalue weighted by Gasteiger charge is 2.26. The number of carbonyl (C=O) groups excluding carboxylic acids is 2. The van der Waals surface area contributed by atoms with Crippen LogP contribution in [0.5, 0.6) is 0 Å². The lowest BCUT2D eigenvalue weighted by atomic mass is 10.0. The molecule has 464 valence electrons. The Morgan fingerprint density at radius 1 is 0.383 bits per heavy atom. The molecule has 0 aliphatic heterocycles. The van der Waals surface area contributed by atoms with Crippen LogP contribution in [0, 0.1) is 0 Å². The third-order valence-corrected chi connectivity index (χ3v) is 14.8. The van der Waals surface area contributed by atoms with Gasteiger partial charge in [0.25, 0.3) is 0 Å². The summed E-state index contributed by atoms with van der Waals surface area (Å²) in [5, 5.41) is 0. The molecule has 10 heteroatoms. The minimum atomic E-state index is -4.41. The number of phosphoric acid groups is 1. The highest BCUT2D eigenvalue weighted by molar-refractivity contribution is 7.47. The zero-order valence-electron chi connectivity index (χ0n) is 52.0. The van der Waals surface area contributed by atoms with Gasteiger partial charge in [0, 0.05) is 19.4 Å². The van der Waals surface area contributed by atoms with Crippen molar-refractivity contribution in [3.63, 3.8) is 0 Å². The Hall–Kier alpha value is -3.59. The van der Waals surface area contributed by atoms with Gasteiger partial charge in [-0.15, -0.1) is 0 Å². The third kappa shape index (κ3) is 65.4. The summed E-state index contributed by atoms with van der Waals surface area (Å²) in [6, 6.07) is 0. The van der Waals surface area contributed by atoms with E-state index in [1.165, 1.54) is 148 Å². The Bertz CT molecular complexity index is 1740. The number of allylic oxidation sites excluding steroid dienone is 20. The fourth-order valence-electron chi connectivity index (χ4n) is 8.98. The van der Waals surface area contributed by atoms with Gasteiger partial charge in [-0.05, 0) is 109 Å². The highest BCUT2D eigenvalue weighted by atomic mass is 31.2. The molecule has 81 heavy (non-hydrogen) atoms. The fourth-order valence-corrected chi connectivity index (χ4v) is 9.74. The van der Waals surface area contributed by atoms with E-state index < -0.39 is 26.5 Å². The monoisotopic (exact) mass is 1150 g/mol. The summed E-state index contributed by atoms with van der Waals surface area (Å²) in [5.41, 5.74) is 5.39. The lowest BCUT2D eigenvalue weighted by Crippen LogP contribution is -2.29. The number of unbranched alkanes of at least 4 members (excludes halogenated alkanes) is 28. The van der Waals surface area contributed by atoms with Crippen LogP contribution in [0.3, 0.4) is 0 Å². The molecule has 0 aromatic rings. The Labute approximate surface area is 498 Å². The average Bonchev–Trinajstić information content (AvgIpc) is 3.46. The van der Waals surface area contributed by atoms with Crippen LogP contribution in [0.2, 0.25) is 0 Å². The number of phosphoric ester groups is 1. The maximum absolute atomic E-state index is 12.7. The maximum Gasteiger partial charge on any atom is 0.472 e. The van der Waals surface area contributed by atoms with Crippen LogP contribution >= 0.6 is 7.82 Å². The van der Waals surface area contributed by atoms with Crippen molar-refractivity contribution in [1.29, 1.82) is 0 Å². The van der Waals surface area contributed by atoms with Crippen LogP contribution in [-0.2, 0) is 32.7 Å². The van der Waals surface area contributed by atoms with Gasteiger partial charge in [-0.25, -0.2) is 4.57 Å². The van der Waals surface area contributed by atoms with Crippen molar-refractivity contribution in [2.45, 2.75) is 290 Å². The molecule has 0 rings (SSSR count). The average molecular weight is 1150 g/mol. The molecule has 3 N–H and O–H groups in total. The van der Waals surface area contributed by atoms with Crippen molar-refractivity contribution in [3.8, 4) is 0 Å². The Morgan fingerprint density at radius 2 is 0.679 bits per heavy atom. The van der Waals surface area contributed by atoms with Gasteiger partial charge in [-0.2, -0.15) is 0 Å². The number of nitrogens with two attached hydrogens (primary N) is 1.